The molecule has 0 aromatic heterocycles. The summed E-state index contributed by atoms with van der Waals surface area (Å²) in [5, 5.41) is 11.3. The number of amides is 1. The quantitative estimate of drug-likeness (QED) is 0.799. The summed E-state index contributed by atoms with van der Waals surface area (Å²) >= 11 is 0. The Morgan fingerprint density at radius 2 is 2.00 bits per heavy atom. The molecule has 0 saturated heterocycles. The lowest BCUT2D eigenvalue weighted by atomic mass is 10.1. The number of fused-ring (bicyclic) bond motifs is 1. The van der Waals surface area contributed by atoms with Crippen LogP contribution in [0.4, 0.5) is 0 Å². The highest BCUT2D eigenvalue weighted by atomic mass is 16.1. The molecule has 0 spiro atoms. The molecule has 0 bridgehead atoms. The number of hydrogen-bond acceptors (Lipinski definition) is 2. The van der Waals surface area contributed by atoms with Gasteiger partial charge >= 0.3 is 0 Å². The number of rotatable bonds is 4. The van der Waals surface area contributed by atoms with Gasteiger partial charge in [0.2, 0.25) is 5.91 Å². The molecule has 3 nitrogen and oxygen atoms in total. The SMILES string of the molecule is N#CCCCNC(=O)C1Cc2ccccc2C1. The van der Waals surface area contributed by atoms with E-state index in [2.05, 4.69) is 23.5 Å². The maximum atomic E-state index is 11.9. The molecular weight excluding hydrogens is 212 g/mol. The normalized spacial score (nSPS) is 14.1. The standard InChI is InChI=1S/C14H16N2O/c15-7-3-4-8-16-14(17)13-9-11-5-1-2-6-12(11)10-13/h1-2,5-6,13H,3-4,8-10H2,(H,16,17). The molecule has 88 valence electrons. The monoisotopic (exact) mass is 228 g/mol. The van der Waals surface area contributed by atoms with Gasteiger partial charge in [-0.1, -0.05) is 24.3 Å². The lowest BCUT2D eigenvalue weighted by molar-refractivity contribution is -0.124. The van der Waals surface area contributed by atoms with Crippen molar-refractivity contribution < 1.29 is 4.79 Å². The van der Waals surface area contributed by atoms with E-state index in [-0.39, 0.29) is 11.8 Å². The molecule has 0 saturated carbocycles. The fourth-order valence-electron chi connectivity index (χ4n) is 2.27. The molecule has 1 aliphatic rings. The maximum Gasteiger partial charge on any atom is 0.223 e. The van der Waals surface area contributed by atoms with E-state index in [4.69, 9.17) is 5.26 Å². The Morgan fingerprint density at radius 1 is 1.35 bits per heavy atom. The minimum atomic E-state index is 0.0782. The van der Waals surface area contributed by atoms with Crippen LogP contribution in [0, 0.1) is 17.2 Å². The van der Waals surface area contributed by atoms with Gasteiger partial charge in [0.25, 0.3) is 0 Å². The topological polar surface area (TPSA) is 52.9 Å². The van der Waals surface area contributed by atoms with Gasteiger partial charge < -0.3 is 5.32 Å². The van der Waals surface area contributed by atoms with E-state index in [0.717, 1.165) is 19.3 Å². The molecule has 0 fully saturated rings. The van der Waals surface area contributed by atoms with Crippen LogP contribution >= 0.6 is 0 Å². The smallest absolute Gasteiger partial charge is 0.223 e. The Labute approximate surface area is 101 Å². The lowest BCUT2D eigenvalue weighted by Gasteiger charge is -2.09. The summed E-state index contributed by atoms with van der Waals surface area (Å²) in [6.07, 6.45) is 2.94. The molecule has 0 heterocycles. The molecule has 1 aliphatic carbocycles. The van der Waals surface area contributed by atoms with E-state index in [1.54, 1.807) is 0 Å². The van der Waals surface area contributed by atoms with Crippen LogP contribution in [0.3, 0.4) is 0 Å². The fourth-order valence-corrected chi connectivity index (χ4v) is 2.27. The van der Waals surface area contributed by atoms with Crippen molar-refractivity contribution in [3.8, 4) is 6.07 Å². The first-order chi connectivity index (χ1) is 8.31. The first-order valence-electron chi connectivity index (χ1n) is 6.02. The predicted octanol–water partition coefficient (Wildman–Crippen LogP) is 1.82. The highest BCUT2D eigenvalue weighted by molar-refractivity contribution is 5.80. The lowest BCUT2D eigenvalue weighted by Crippen LogP contribution is -2.31. The van der Waals surface area contributed by atoms with E-state index in [1.807, 2.05) is 12.1 Å². The Bertz CT molecular complexity index is 423. The second kappa shape index (κ2) is 5.49. The van der Waals surface area contributed by atoms with Crippen LogP contribution in [0.25, 0.3) is 0 Å². The Balaban J connectivity index is 1.82. The number of carbonyl (C=O) groups excluding carboxylic acids is 1. The number of benzene rings is 1. The third-order valence-corrected chi connectivity index (χ3v) is 3.19. The molecule has 1 aromatic carbocycles. The summed E-state index contributed by atoms with van der Waals surface area (Å²) in [5.74, 6) is 0.202. The third-order valence-electron chi connectivity index (χ3n) is 3.19. The van der Waals surface area contributed by atoms with Crippen molar-refractivity contribution in [2.24, 2.45) is 5.92 Å². The van der Waals surface area contributed by atoms with Crippen LogP contribution < -0.4 is 5.32 Å². The largest absolute Gasteiger partial charge is 0.356 e. The van der Waals surface area contributed by atoms with Gasteiger partial charge in [0.15, 0.2) is 0 Å². The average Bonchev–Trinajstić information content (AvgIpc) is 2.78. The van der Waals surface area contributed by atoms with Crippen LogP contribution in [-0.2, 0) is 17.6 Å². The van der Waals surface area contributed by atoms with E-state index in [9.17, 15) is 4.79 Å². The van der Waals surface area contributed by atoms with Gasteiger partial charge in [-0.2, -0.15) is 5.26 Å². The molecule has 0 atom stereocenters. The van der Waals surface area contributed by atoms with Crippen molar-refractivity contribution >= 4 is 5.91 Å². The maximum absolute atomic E-state index is 11.9. The van der Waals surface area contributed by atoms with Crippen LogP contribution in [0.15, 0.2) is 24.3 Å². The molecule has 17 heavy (non-hydrogen) atoms. The highest BCUT2D eigenvalue weighted by Crippen LogP contribution is 2.26. The third kappa shape index (κ3) is 2.85. The summed E-state index contributed by atoms with van der Waals surface area (Å²) in [7, 11) is 0. The summed E-state index contributed by atoms with van der Waals surface area (Å²) < 4.78 is 0. The number of nitrogens with zero attached hydrogens (tertiary/aromatic N) is 1. The number of unbranched alkanes of at least 4 members (excludes halogenated alkanes) is 1. The van der Waals surface area contributed by atoms with Gasteiger partial charge in [-0.15, -0.1) is 0 Å². The number of nitrogens with one attached hydrogen (secondary N) is 1. The average molecular weight is 228 g/mol. The van der Waals surface area contributed by atoms with Gasteiger partial charge in [-0.25, -0.2) is 0 Å². The predicted molar refractivity (Wildman–Crippen MR) is 65.2 cm³/mol. The van der Waals surface area contributed by atoms with E-state index >= 15 is 0 Å². The van der Waals surface area contributed by atoms with Crippen LogP contribution in [0.2, 0.25) is 0 Å². The Kier molecular flexibility index (Phi) is 3.77. The molecule has 1 amide bonds. The first-order valence-corrected chi connectivity index (χ1v) is 6.02. The highest BCUT2D eigenvalue weighted by Gasteiger charge is 2.26. The Hall–Kier alpha value is -1.82. The number of carbonyl (C=O) groups is 1. The summed E-state index contributed by atoms with van der Waals surface area (Å²) in [5.41, 5.74) is 2.59. The van der Waals surface area contributed by atoms with Crippen LogP contribution in [0.5, 0.6) is 0 Å². The summed E-state index contributed by atoms with van der Waals surface area (Å²) in [6.45, 7) is 0.610. The Morgan fingerprint density at radius 3 is 2.59 bits per heavy atom. The van der Waals surface area contributed by atoms with Crippen molar-refractivity contribution in [1.29, 1.82) is 5.26 Å². The molecular formula is C14H16N2O. The second-order valence-corrected chi connectivity index (χ2v) is 4.43. The second-order valence-electron chi connectivity index (χ2n) is 4.43. The van der Waals surface area contributed by atoms with Gasteiger partial charge in [0, 0.05) is 18.9 Å². The summed E-state index contributed by atoms with van der Waals surface area (Å²) in [6, 6.07) is 10.3. The van der Waals surface area contributed by atoms with Crippen molar-refractivity contribution in [2.75, 3.05) is 6.54 Å². The van der Waals surface area contributed by atoms with Crippen molar-refractivity contribution in [1.82, 2.24) is 5.32 Å². The minimum absolute atomic E-state index is 0.0782. The molecule has 0 aliphatic heterocycles. The molecule has 2 rings (SSSR count). The molecule has 1 aromatic rings. The zero-order chi connectivity index (χ0) is 12.1. The minimum Gasteiger partial charge on any atom is -0.356 e. The van der Waals surface area contributed by atoms with Crippen LogP contribution in [-0.4, -0.2) is 12.5 Å². The van der Waals surface area contributed by atoms with Crippen molar-refractivity contribution in [3.63, 3.8) is 0 Å². The number of nitriles is 1. The van der Waals surface area contributed by atoms with Gasteiger partial charge in [0.1, 0.15) is 0 Å². The molecule has 3 heteroatoms. The van der Waals surface area contributed by atoms with Crippen molar-refractivity contribution in [3.05, 3.63) is 35.4 Å². The zero-order valence-corrected chi connectivity index (χ0v) is 9.78. The van der Waals surface area contributed by atoms with E-state index in [0.29, 0.717) is 13.0 Å². The zero-order valence-electron chi connectivity index (χ0n) is 9.78. The number of hydrogen-bond donors (Lipinski definition) is 1. The van der Waals surface area contributed by atoms with E-state index < -0.39 is 0 Å². The molecule has 1 N–H and O–H groups in total. The van der Waals surface area contributed by atoms with E-state index in [1.165, 1.54) is 11.1 Å². The van der Waals surface area contributed by atoms with Gasteiger partial charge in [0.05, 0.1) is 6.07 Å². The molecule has 0 radical (unpaired) electrons. The van der Waals surface area contributed by atoms with Gasteiger partial charge in [-0.05, 0) is 30.4 Å². The van der Waals surface area contributed by atoms with Gasteiger partial charge in [-0.3, -0.25) is 4.79 Å². The summed E-state index contributed by atoms with van der Waals surface area (Å²) in [4.78, 5) is 11.9. The first kappa shape index (κ1) is 11.7. The van der Waals surface area contributed by atoms with Crippen LogP contribution in [0.1, 0.15) is 24.0 Å². The fraction of sp³-hybridized carbons (Fsp3) is 0.429. The molecule has 0 unspecified atom stereocenters. The van der Waals surface area contributed by atoms with Crippen molar-refractivity contribution in [2.45, 2.75) is 25.7 Å².